The normalized spacial score (nSPS) is 10.8. The molecule has 1 rings (SSSR count). The van der Waals surface area contributed by atoms with Crippen LogP contribution in [0.3, 0.4) is 0 Å². The van der Waals surface area contributed by atoms with Gasteiger partial charge in [0.05, 0.1) is 4.90 Å². The topological polar surface area (TPSA) is 54.4 Å². The summed E-state index contributed by atoms with van der Waals surface area (Å²) in [5.74, 6) is 0. The maximum Gasteiger partial charge on any atom is 1.00 e. The van der Waals surface area contributed by atoms with Gasteiger partial charge >= 0.3 is 29.6 Å². The van der Waals surface area contributed by atoms with Gasteiger partial charge in [-0.05, 0) is 12.1 Å². The van der Waals surface area contributed by atoms with Crippen molar-refractivity contribution in [1.82, 2.24) is 0 Å². The summed E-state index contributed by atoms with van der Waals surface area (Å²) in [6.45, 7) is 6.18. The number of hydrogen-bond donors (Lipinski definition) is 1. The first kappa shape index (κ1) is 32.3. The van der Waals surface area contributed by atoms with E-state index in [1.54, 1.807) is 18.2 Å². The molecule has 0 amide bonds. The molecule has 1 N–H and O–H groups in total. The summed E-state index contributed by atoms with van der Waals surface area (Å²) >= 11 is 0. The van der Waals surface area contributed by atoms with Crippen molar-refractivity contribution < 1.29 is 42.5 Å². The second-order valence-corrected chi connectivity index (χ2v) is 9.37. The van der Waals surface area contributed by atoms with Crippen LogP contribution in [0.25, 0.3) is 0 Å². The Morgan fingerprint density at radius 1 is 0.667 bits per heavy atom. The van der Waals surface area contributed by atoms with E-state index >= 15 is 0 Å². The Hall–Kier alpha value is 0.130. The van der Waals surface area contributed by atoms with Gasteiger partial charge in [0.25, 0.3) is 10.1 Å². The van der Waals surface area contributed by atoms with Crippen LogP contribution in [0.2, 0.25) is 0 Å². The molecule has 3 nitrogen and oxygen atoms in total. The molecule has 0 heterocycles. The monoisotopic (exact) mass is 448 g/mol. The van der Waals surface area contributed by atoms with Crippen molar-refractivity contribution in [1.29, 1.82) is 0 Å². The zero-order valence-corrected chi connectivity index (χ0v) is 22.6. The maximum atomic E-state index is 10.4. The van der Waals surface area contributed by atoms with Crippen molar-refractivity contribution >= 4 is 10.1 Å². The first-order chi connectivity index (χ1) is 14.0. The Balaban J connectivity index is 0. The van der Waals surface area contributed by atoms with Crippen LogP contribution in [0.5, 0.6) is 0 Å². The van der Waals surface area contributed by atoms with Crippen LogP contribution in [0.15, 0.2) is 35.2 Å². The minimum absolute atomic E-state index is 0. The molecule has 0 fully saturated rings. The van der Waals surface area contributed by atoms with Crippen molar-refractivity contribution in [3.8, 4) is 0 Å². The van der Waals surface area contributed by atoms with Crippen molar-refractivity contribution in [2.45, 2.75) is 121 Å². The van der Waals surface area contributed by atoms with E-state index in [1.807, 2.05) is 0 Å². The zero-order valence-electron chi connectivity index (χ0n) is 19.8. The molecular weight excluding hydrogens is 403 g/mol. The third-order valence-corrected chi connectivity index (χ3v) is 6.01. The summed E-state index contributed by atoms with van der Waals surface area (Å²) in [5.41, 5.74) is 0. The fourth-order valence-corrected chi connectivity index (χ4v) is 3.82. The molecule has 170 valence electrons. The molecular formula is C25H45NaO3S. The number of unbranched alkanes of at least 4 members (excludes halogenated alkanes) is 16. The van der Waals surface area contributed by atoms with E-state index in [4.69, 9.17) is 4.55 Å². The van der Waals surface area contributed by atoms with Crippen LogP contribution >= 0.6 is 0 Å². The van der Waals surface area contributed by atoms with Crippen LogP contribution in [-0.4, -0.2) is 13.0 Å². The zero-order chi connectivity index (χ0) is 21.6. The first-order valence-electron chi connectivity index (χ1n) is 11.8. The Morgan fingerprint density at radius 2 is 1.00 bits per heavy atom. The van der Waals surface area contributed by atoms with Gasteiger partial charge in [0.2, 0.25) is 0 Å². The quantitative estimate of drug-likeness (QED) is 0.150. The van der Waals surface area contributed by atoms with Crippen LogP contribution in [-0.2, 0) is 10.1 Å². The molecule has 0 saturated carbocycles. The Bertz CT molecular complexity index is 531. The van der Waals surface area contributed by atoms with Gasteiger partial charge in [-0.1, -0.05) is 128 Å². The summed E-state index contributed by atoms with van der Waals surface area (Å²) in [4.78, 5) is -0.0741. The minimum atomic E-state index is -4.00. The fraction of sp³-hybridized carbons (Fsp3) is 0.720. The van der Waals surface area contributed by atoms with E-state index in [0.717, 1.165) is 6.42 Å². The van der Waals surface area contributed by atoms with Gasteiger partial charge in [0.1, 0.15) is 0 Å². The molecule has 0 radical (unpaired) electrons. The van der Waals surface area contributed by atoms with E-state index in [9.17, 15) is 8.42 Å². The van der Waals surface area contributed by atoms with Crippen molar-refractivity contribution in [3.63, 3.8) is 0 Å². The number of benzene rings is 1. The molecule has 0 aliphatic carbocycles. The summed E-state index contributed by atoms with van der Waals surface area (Å²) in [7, 11) is -4.00. The Morgan fingerprint density at radius 3 is 1.27 bits per heavy atom. The molecule has 0 atom stereocenters. The van der Waals surface area contributed by atoms with Crippen LogP contribution < -0.4 is 29.6 Å². The van der Waals surface area contributed by atoms with Crippen molar-refractivity contribution in [2.24, 2.45) is 0 Å². The molecule has 1 aromatic rings. The summed E-state index contributed by atoms with van der Waals surface area (Å²) in [6, 6.07) is 7.42. The summed E-state index contributed by atoms with van der Waals surface area (Å²) in [6.07, 6.45) is 24.3. The second-order valence-electron chi connectivity index (χ2n) is 7.94. The maximum absolute atomic E-state index is 10.4. The standard InChI is InChI=1S/C19H39.C6H6O3S.Na/c1-3-5-7-9-11-13-15-17-19-18-16-14-12-10-8-6-4-2;7-10(8,9)6-4-2-1-3-5-6;/h1,3-19H2,2H3;1-5H,(H,7,8,9);/q-1;;+1. The van der Waals surface area contributed by atoms with Crippen molar-refractivity contribution in [3.05, 3.63) is 37.3 Å². The Kier molecular flexibility index (Phi) is 25.6. The van der Waals surface area contributed by atoms with E-state index in [1.165, 1.54) is 115 Å². The van der Waals surface area contributed by atoms with Gasteiger partial charge in [0.15, 0.2) is 0 Å². The molecule has 0 saturated heterocycles. The predicted octanol–water partition coefficient (Wildman–Crippen LogP) is 5.41. The van der Waals surface area contributed by atoms with Gasteiger partial charge < -0.3 is 6.92 Å². The molecule has 0 aliphatic rings. The first-order valence-corrected chi connectivity index (χ1v) is 13.3. The molecule has 0 unspecified atom stereocenters. The average molecular weight is 449 g/mol. The van der Waals surface area contributed by atoms with Crippen LogP contribution in [0.4, 0.5) is 0 Å². The van der Waals surface area contributed by atoms with E-state index < -0.39 is 10.1 Å². The molecule has 0 aliphatic heterocycles. The molecule has 1 aromatic carbocycles. The van der Waals surface area contributed by atoms with E-state index in [-0.39, 0.29) is 34.5 Å². The van der Waals surface area contributed by atoms with Gasteiger partial charge in [-0.15, -0.1) is 0 Å². The van der Waals surface area contributed by atoms with E-state index in [2.05, 4.69) is 13.8 Å². The number of hydrogen-bond acceptors (Lipinski definition) is 2. The van der Waals surface area contributed by atoms with Crippen LogP contribution in [0.1, 0.15) is 116 Å². The van der Waals surface area contributed by atoms with Gasteiger partial charge in [0, 0.05) is 0 Å². The van der Waals surface area contributed by atoms with Crippen LogP contribution in [0, 0.1) is 6.92 Å². The van der Waals surface area contributed by atoms with Gasteiger partial charge in [-0.25, -0.2) is 0 Å². The van der Waals surface area contributed by atoms with Gasteiger partial charge in [-0.2, -0.15) is 14.8 Å². The predicted molar refractivity (Wildman–Crippen MR) is 126 cm³/mol. The smallest absolute Gasteiger partial charge is 0.343 e. The fourth-order valence-electron chi connectivity index (χ4n) is 3.32. The minimum Gasteiger partial charge on any atom is -0.343 e. The molecule has 0 bridgehead atoms. The van der Waals surface area contributed by atoms with E-state index in [0.29, 0.717) is 0 Å². The molecule has 30 heavy (non-hydrogen) atoms. The summed E-state index contributed by atoms with van der Waals surface area (Å²) in [5, 5.41) is 0. The molecule has 0 spiro atoms. The molecule has 5 heteroatoms. The Labute approximate surface area is 209 Å². The third-order valence-electron chi connectivity index (χ3n) is 5.14. The van der Waals surface area contributed by atoms with Crippen molar-refractivity contribution in [2.75, 3.05) is 0 Å². The SMILES string of the molecule is O=S(=O)(O)c1ccccc1.[CH2-]CCCCCCCCCCCCCCCCCC.[Na+]. The molecule has 0 aromatic heterocycles. The van der Waals surface area contributed by atoms with Gasteiger partial charge in [-0.3, -0.25) is 4.55 Å². The second kappa shape index (κ2) is 23.8. The largest absolute Gasteiger partial charge is 1.00 e. The average Bonchev–Trinajstić information content (AvgIpc) is 2.71. The third kappa shape index (κ3) is 22.8. The number of rotatable bonds is 17. The summed E-state index contributed by atoms with van der Waals surface area (Å²) < 4.78 is 29.2.